The van der Waals surface area contributed by atoms with Crippen molar-refractivity contribution in [3.05, 3.63) is 69.2 Å². The van der Waals surface area contributed by atoms with Gasteiger partial charge in [-0.05, 0) is 67.1 Å². The molecule has 2 rings (SSSR count). The van der Waals surface area contributed by atoms with E-state index in [1.54, 1.807) is 0 Å². The molecule has 3 N–H and O–H groups in total. The fourth-order valence-corrected chi connectivity index (χ4v) is 2.73. The van der Waals surface area contributed by atoms with E-state index in [-0.39, 0.29) is 6.04 Å². The van der Waals surface area contributed by atoms with Crippen molar-refractivity contribution in [2.24, 2.45) is 5.84 Å². The number of nitrogens with one attached hydrogen (secondary N) is 1. The van der Waals surface area contributed by atoms with E-state index in [0.717, 1.165) is 11.4 Å². The lowest BCUT2D eigenvalue weighted by molar-refractivity contribution is 0.549. The molecule has 2 aromatic carbocycles. The summed E-state index contributed by atoms with van der Waals surface area (Å²) in [5, 5.41) is 0.759. The van der Waals surface area contributed by atoms with Crippen molar-refractivity contribution < 1.29 is 0 Å². The predicted octanol–water partition coefficient (Wildman–Crippen LogP) is 4.01. The summed E-state index contributed by atoms with van der Waals surface area (Å²) >= 11 is 6.04. The van der Waals surface area contributed by atoms with E-state index in [9.17, 15) is 0 Å². The SMILES string of the molecule is Cc1cc(C)c(C(Cc2cccc(Cl)c2)NN)cc1C. The Kier molecular flexibility index (Phi) is 4.81. The molecule has 0 radical (unpaired) electrons. The van der Waals surface area contributed by atoms with Gasteiger partial charge in [0.05, 0.1) is 6.04 Å². The highest BCUT2D eigenvalue weighted by Gasteiger charge is 2.14. The highest BCUT2D eigenvalue weighted by Crippen LogP contribution is 2.25. The number of rotatable bonds is 4. The molecule has 0 aromatic heterocycles. The Morgan fingerprint density at radius 3 is 2.40 bits per heavy atom. The summed E-state index contributed by atoms with van der Waals surface area (Å²) in [6, 6.07) is 12.4. The number of nitrogens with two attached hydrogens (primary N) is 1. The summed E-state index contributed by atoms with van der Waals surface area (Å²) in [4.78, 5) is 0. The van der Waals surface area contributed by atoms with Gasteiger partial charge in [-0.1, -0.05) is 35.9 Å². The van der Waals surface area contributed by atoms with Crippen LogP contribution in [0, 0.1) is 20.8 Å². The van der Waals surface area contributed by atoms with Crippen LogP contribution in [0.2, 0.25) is 5.02 Å². The summed E-state index contributed by atoms with van der Waals surface area (Å²) < 4.78 is 0. The standard InChI is InChI=1S/C17H21ClN2/c1-11-7-13(3)16(8-12(11)2)17(20-19)10-14-5-4-6-15(18)9-14/h4-9,17,20H,10,19H2,1-3H3. The van der Waals surface area contributed by atoms with Gasteiger partial charge < -0.3 is 0 Å². The van der Waals surface area contributed by atoms with Gasteiger partial charge in [0.15, 0.2) is 0 Å². The number of hydrogen-bond acceptors (Lipinski definition) is 2. The minimum absolute atomic E-state index is 0.0905. The van der Waals surface area contributed by atoms with E-state index in [0.29, 0.717) is 0 Å². The van der Waals surface area contributed by atoms with E-state index in [2.05, 4.69) is 44.4 Å². The lowest BCUT2D eigenvalue weighted by atomic mass is 9.92. The summed E-state index contributed by atoms with van der Waals surface area (Å²) in [5.41, 5.74) is 9.22. The van der Waals surface area contributed by atoms with Crippen LogP contribution in [0.1, 0.15) is 33.9 Å². The number of benzene rings is 2. The van der Waals surface area contributed by atoms with Crippen LogP contribution in [0.25, 0.3) is 0 Å². The second-order valence-corrected chi connectivity index (χ2v) is 5.78. The van der Waals surface area contributed by atoms with E-state index in [1.165, 1.54) is 27.8 Å². The van der Waals surface area contributed by atoms with Gasteiger partial charge >= 0.3 is 0 Å². The van der Waals surface area contributed by atoms with Crippen LogP contribution in [0.15, 0.2) is 36.4 Å². The van der Waals surface area contributed by atoms with Crippen molar-refractivity contribution >= 4 is 11.6 Å². The highest BCUT2D eigenvalue weighted by atomic mass is 35.5. The first-order chi connectivity index (χ1) is 9.51. The van der Waals surface area contributed by atoms with Crippen LogP contribution in [0.5, 0.6) is 0 Å². The quantitative estimate of drug-likeness (QED) is 0.659. The maximum Gasteiger partial charge on any atom is 0.0503 e. The largest absolute Gasteiger partial charge is 0.271 e. The van der Waals surface area contributed by atoms with Crippen molar-refractivity contribution in [1.82, 2.24) is 5.43 Å². The van der Waals surface area contributed by atoms with E-state index in [4.69, 9.17) is 17.4 Å². The molecule has 0 bridgehead atoms. The lowest BCUT2D eigenvalue weighted by Crippen LogP contribution is -2.30. The van der Waals surface area contributed by atoms with Crippen molar-refractivity contribution in [3.8, 4) is 0 Å². The zero-order chi connectivity index (χ0) is 14.7. The molecule has 0 spiro atoms. The van der Waals surface area contributed by atoms with Crippen LogP contribution < -0.4 is 11.3 Å². The summed E-state index contributed by atoms with van der Waals surface area (Å²) in [7, 11) is 0. The Hall–Kier alpha value is -1.35. The predicted molar refractivity (Wildman–Crippen MR) is 85.9 cm³/mol. The third kappa shape index (κ3) is 3.40. The normalized spacial score (nSPS) is 12.4. The first-order valence-electron chi connectivity index (χ1n) is 6.79. The molecule has 3 heteroatoms. The van der Waals surface area contributed by atoms with Crippen molar-refractivity contribution in [2.45, 2.75) is 33.2 Å². The molecule has 20 heavy (non-hydrogen) atoms. The van der Waals surface area contributed by atoms with Crippen LogP contribution in [0.4, 0.5) is 0 Å². The van der Waals surface area contributed by atoms with Crippen LogP contribution in [-0.2, 0) is 6.42 Å². The molecule has 0 fully saturated rings. The van der Waals surface area contributed by atoms with Crippen LogP contribution in [0.3, 0.4) is 0 Å². The molecular weight excluding hydrogens is 268 g/mol. The van der Waals surface area contributed by atoms with Gasteiger partial charge in [0, 0.05) is 5.02 Å². The molecule has 0 aliphatic heterocycles. The van der Waals surface area contributed by atoms with Gasteiger partial charge in [0.1, 0.15) is 0 Å². The number of hydrazine groups is 1. The summed E-state index contributed by atoms with van der Waals surface area (Å²) in [6.45, 7) is 6.39. The molecule has 0 saturated carbocycles. The topological polar surface area (TPSA) is 38.0 Å². The zero-order valence-electron chi connectivity index (χ0n) is 12.2. The molecule has 2 aromatic rings. The molecule has 0 aliphatic rings. The van der Waals surface area contributed by atoms with E-state index in [1.807, 2.05) is 18.2 Å². The fraction of sp³-hybridized carbons (Fsp3) is 0.294. The summed E-state index contributed by atoms with van der Waals surface area (Å²) in [6.07, 6.45) is 0.820. The van der Waals surface area contributed by atoms with Gasteiger partial charge in [-0.15, -0.1) is 0 Å². The Labute approximate surface area is 125 Å². The Bertz CT molecular complexity index is 608. The average Bonchev–Trinajstić information content (AvgIpc) is 2.40. The van der Waals surface area contributed by atoms with Gasteiger partial charge in [-0.2, -0.15) is 0 Å². The Morgan fingerprint density at radius 1 is 1.05 bits per heavy atom. The summed E-state index contributed by atoms with van der Waals surface area (Å²) in [5.74, 6) is 5.76. The van der Waals surface area contributed by atoms with E-state index < -0.39 is 0 Å². The van der Waals surface area contributed by atoms with Crippen LogP contribution >= 0.6 is 11.6 Å². The molecule has 0 aliphatic carbocycles. The minimum Gasteiger partial charge on any atom is -0.271 e. The van der Waals surface area contributed by atoms with E-state index >= 15 is 0 Å². The second-order valence-electron chi connectivity index (χ2n) is 5.35. The Balaban J connectivity index is 2.31. The minimum atomic E-state index is 0.0905. The van der Waals surface area contributed by atoms with Gasteiger partial charge in [-0.25, -0.2) is 0 Å². The number of hydrogen-bond donors (Lipinski definition) is 2. The molecule has 1 atom stereocenters. The molecule has 106 valence electrons. The first kappa shape index (κ1) is 15.0. The lowest BCUT2D eigenvalue weighted by Gasteiger charge is -2.20. The second kappa shape index (κ2) is 6.40. The third-order valence-corrected chi connectivity index (χ3v) is 4.02. The zero-order valence-corrected chi connectivity index (χ0v) is 13.0. The fourth-order valence-electron chi connectivity index (χ4n) is 2.52. The van der Waals surface area contributed by atoms with Crippen molar-refractivity contribution in [3.63, 3.8) is 0 Å². The maximum atomic E-state index is 6.04. The van der Waals surface area contributed by atoms with Crippen molar-refractivity contribution in [1.29, 1.82) is 0 Å². The molecule has 0 heterocycles. The first-order valence-corrected chi connectivity index (χ1v) is 7.17. The average molecular weight is 289 g/mol. The monoisotopic (exact) mass is 288 g/mol. The molecule has 0 amide bonds. The number of aryl methyl sites for hydroxylation is 3. The van der Waals surface area contributed by atoms with Gasteiger partial charge in [0.2, 0.25) is 0 Å². The highest BCUT2D eigenvalue weighted by molar-refractivity contribution is 6.30. The number of halogens is 1. The molecular formula is C17H21ClN2. The Morgan fingerprint density at radius 2 is 1.75 bits per heavy atom. The van der Waals surface area contributed by atoms with Gasteiger partial charge in [-0.3, -0.25) is 11.3 Å². The van der Waals surface area contributed by atoms with Gasteiger partial charge in [0.25, 0.3) is 0 Å². The van der Waals surface area contributed by atoms with Crippen molar-refractivity contribution in [2.75, 3.05) is 0 Å². The third-order valence-electron chi connectivity index (χ3n) is 3.79. The maximum absolute atomic E-state index is 6.04. The molecule has 2 nitrogen and oxygen atoms in total. The molecule has 1 unspecified atom stereocenters. The molecule has 0 saturated heterocycles. The van der Waals surface area contributed by atoms with Crippen LogP contribution in [-0.4, -0.2) is 0 Å². The smallest absolute Gasteiger partial charge is 0.0503 e.